The van der Waals surface area contributed by atoms with Crippen molar-refractivity contribution in [2.75, 3.05) is 18.9 Å². The molecular formula is C18H14ClNO4S. The molecule has 0 N–H and O–H groups in total. The Hall–Kier alpha value is -2.31. The third kappa shape index (κ3) is 3.86. The molecule has 5 nitrogen and oxygen atoms in total. The summed E-state index contributed by atoms with van der Waals surface area (Å²) in [4.78, 5) is 38.1. The van der Waals surface area contributed by atoms with Crippen LogP contribution in [-0.2, 0) is 9.53 Å². The van der Waals surface area contributed by atoms with Gasteiger partial charge in [-0.1, -0.05) is 35.9 Å². The number of rotatable bonds is 6. The Kier molecular flexibility index (Phi) is 5.40. The number of hydrogen-bond acceptors (Lipinski definition) is 5. The highest BCUT2D eigenvalue weighted by Crippen LogP contribution is 2.26. The van der Waals surface area contributed by atoms with E-state index in [1.165, 1.54) is 11.8 Å². The molecule has 2 aromatic carbocycles. The fourth-order valence-electron chi connectivity index (χ4n) is 2.43. The van der Waals surface area contributed by atoms with E-state index < -0.39 is 5.97 Å². The highest BCUT2D eigenvalue weighted by atomic mass is 35.5. The summed E-state index contributed by atoms with van der Waals surface area (Å²) in [6, 6.07) is 13.9. The summed E-state index contributed by atoms with van der Waals surface area (Å²) >= 11 is 7.29. The number of thioether (sulfide) groups is 1. The van der Waals surface area contributed by atoms with Crippen LogP contribution in [0.25, 0.3) is 0 Å². The molecule has 2 aromatic rings. The van der Waals surface area contributed by atoms with Crippen LogP contribution < -0.4 is 0 Å². The van der Waals surface area contributed by atoms with Gasteiger partial charge in [-0.25, -0.2) is 0 Å². The zero-order chi connectivity index (χ0) is 17.8. The van der Waals surface area contributed by atoms with E-state index in [0.29, 0.717) is 16.1 Å². The van der Waals surface area contributed by atoms with Crippen LogP contribution in [0.1, 0.15) is 20.7 Å². The molecule has 0 unspecified atom stereocenters. The van der Waals surface area contributed by atoms with E-state index >= 15 is 0 Å². The van der Waals surface area contributed by atoms with Crippen LogP contribution in [0.3, 0.4) is 0 Å². The smallest absolute Gasteiger partial charge is 0.316 e. The minimum Gasteiger partial charge on any atom is -0.463 e. The van der Waals surface area contributed by atoms with Gasteiger partial charge in [0.25, 0.3) is 11.8 Å². The summed E-state index contributed by atoms with van der Waals surface area (Å²) in [5.41, 5.74) is 0.765. The van der Waals surface area contributed by atoms with E-state index in [1.54, 1.807) is 30.3 Å². The van der Waals surface area contributed by atoms with Crippen molar-refractivity contribution >= 4 is 41.1 Å². The normalized spacial score (nSPS) is 13.1. The lowest BCUT2D eigenvalue weighted by atomic mass is 10.1. The van der Waals surface area contributed by atoms with Gasteiger partial charge in [-0.15, -0.1) is 11.8 Å². The summed E-state index contributed by atoms with van der Waals surface area (Å²) in [6.07, 6.45) is 0. The molecule has 0 atom stereocenters. The van der Waals surface area contributed by atoms with Crippen LogP contribution >= 0.6 is 23.4 Å². The molecule has 0 radical (unpaired) electrons. The Balaban J connectivity index is 1.47. The molecule has 0 saturated carbocycles. The number of halogens is 1. The molecular weight excluding hydrogens is 362 g/mol. The Morgan fingerprint density at radius 2 is 1.60 bits per heavy atom. The van der Waals surface area contributed by atoms with Gasteiger partial charge in [0.15, 0.2) is 0 Å². The number of fused-ring (bicyclic) bond motifs is 1. The SMILES string of the molecule is O=C(CSc1ccccc1Cl)OCCN1C(=O)c2ccccc2C1=O. The van der Waals surface area contributed by atoms with Crippen molar-refractivity contribution in [3.8, 4) is 0 Å². The highest BCUT2D eigenvalue weighted by Gasteiger charge is 2.34. The van der Waals surface area contributed by atoms with Gasteiger partial charge in [0.1, 0.15) is 6.61 Å². The fraction of sp³-hybridized carbons (Fsp3) is 0.167. The average molecular weight is 376 g/mol. The summed E-state index contributed by atoms with van der Waals surface area (Å²) in [7, 11) is 0. The number of carbonyl (C=O) groups excluding carboxylic acids is 3. The van der Waals surface area contributed by atoms with Crippen LogP contribution in [0.2, 0.25) is 5.02 Å². The lowest BCUT2D eigenvalue weighted by Crippen LogP contribution is -2.33. The van der Waals surface area contributed by atoms with E-state index in [0.717, 1.165) is 9.80 Å². The number of benzene rings is 2. The number of hydrogen-bond donors (Lipinski definition) is 0. The van der Waals surface area contributed by atoms with E-state index in [-0.39, 0.29) is 30.7 Å². The van der Waals surface area contributed by atoms with Gasteiger partial charge < -0.3 is 4.74 Å². The van der Waals surface area contributed by atoms with Crippen LogP contribution in [-0.4, -0.2) is 41.6 Å². The molecule has 0 aliphatic carbocycles. The summed E-state index contributed by atoms with van der Waals surface area (Å²) in [5.74, 6) is -1.04. The Bertz CT molecular complexity index is 804. The molecule has 128 valence electrons. The van der Waals surface area contributed by atoms with Crippen molar-refractivity contribution in [1.29, 1.82) is 0 Å². The monoisotopic (exact) mass is 375 g/mol. The van der Waals surface area contributed by atoms with Crippen LogP contribution in [0, 0.1) is 0 Å². The lowest BCUT2D eigenvalue weighted by Gasteiger charge is -2.13. The first-order valence-corrected chi connectivity index (χ1v) is 8.92. The Morgan fingerprint density at radius 1 is 1.00 bits per heavy atom. The first-order chi connectivity index (χ1) is 12.1. The molecule has 0 spiro atoms. The van der Waals surface area contributed by atoms with Gasteiger partial charge >= 0.3 is 5.97 Å². The molecule has 0 aromatic heterocycles. The van der Waals surface area contributed by atoms with Crippen molar-refractivity contribution in [1.82, 2.24) is 4.90 Å². The second kappa shape index (κ2) is 7.72. The topological polar surface area (TPSA) is 63.7 Å². The second-order valence-corrected chi connectivity index (χ2v) is 6.67. The largest absolute Gasteiger partial charge is 0.463 e. The average Bonchev–Trinajstić information content (AvgIpc) is 2.86. The Labute approximate surface area is 153 Å². The summed E-state index contributed by atoms with van der Waals surface area (Å²) in [5, 5.41) is 0.575. The van der Waals surface area contributed by atoms with Gasteiger partial charge in [0, 0.05) is 4.90 Å². The van der Waals surface area contributed by atoms with E-state index in [1.807, 2.05) is 18.2 Å². The number of imide groups is 1. The molecule has 7 heteroatoms. The molecule has 25 heavy (non-hydrogen) atoms. The van der Waals surface area contributed by atoms with Gasteiger partial charge in [-0.2, -0.15) is 0 Å². The molecule has 0 bridgehead atoms. The Morgan fingerprint density at radius 3 is 2.24 bits per heavy atom. The molecule has 1 heterocycles. The standard InChI is InChI=1S/C18H14ClNO4S/c19-14-7-3-4-8-15(14)25-11-16(21)24-10-9-20-17(22)12-5-1-2-6-13(12)18(20)23/h1-8H,9-11H2. The number of amides is 2. The fourth-order valence-corrected chi connectivity index (χ4v) is 3.47. The summed E-state index contributed by atoms with van der Waals surface area (Å²) < 4.78 is 5.11. The zero-order valence-corrected chi connectivity index (χ0v) is 14.7. The minimum atomic E-state index is -0.429. The zero-order valence-electron chi connectivity index (χ0n) is 13.1. The lowest BCUT2D eigenvalue weighted by molar-refractivity contribution is -0.140. The van der Waals surface area contributed by atoms with Crippen molar-refractivity contribution in [2.45, 2.75) is 4.90 Å². The number of carbonyl (C=O) groups is 3. The molecule has 2 amide bonds. The molecule has 3 rings (SSSR count). The summed E-state index contributed by atoms with van der Waals surface area (Å²) in [6.45, 7) is 0.00221. The third-order valence-corrected chi connectivity index (χ3v) is 5.13. The van der Waals surface area contributed by atoms with Crippen molar-refractivity contribution in [3.05, 3.63) is 64.7 Å². The quantitative estimate of drug-likeness (QED) is 0.440. The molecule has 0 fully saturated rings. The maximum atomic E-state index is 12.2. The number of ether oxygens (including phenoxy) is 1. The number of nitrogens with zero attached hydrogens (tertiary/aromatic N) is 1. The molecule has 0 saturated heterocycles. The maximum absolute atomic E-state index is 12.2. The molecule has 1 aliphatic rings. The highest BCUT2D eigenvalue weighted by molar-refractivity contribution is 8.00. The van der Waals surface area contributed by atoms with Gasteiger partial charge in [-0.3, -0.25) is 19.3 Å². The first kappa shape index (κ1) is 17.5. The van der Waals surface area contributed by atoms with Gasteiger partial charge in [0.05, 0.1) is 28.4 Å². The van der Waals surface area contributed by atoms with Crippen LogP contribution in [0.4, 0.5) is 0 Å². The van der Waals surface area contributed by atoms with Gasteiger partial charge in [0.2, 0.25) is 0 Å². The third-order valence-electron chi connectivity index (χ3n) is 3.64. The first-order valence-electron chi connectivity index (χ1n) is 7.56. The van der Waals surface area contributed by atoms with E-state index in [9.17, 15) is 14.4 Å². The predicted octanol–water partition coefficient (Wildman–Crippen LogP) is 3.27. The van der Waals surface area contributed by atoms with Crippen molar-refractivity contribution < 1.29 is 19.1 Å². The second-order valence-electron chi connectivity index (χ2n) is 5.25. The van der Waals surface area contributed by atoms with Crippen molar-refractivity contribution in [2.24, 2.45) is 0 Å². The maximum Gasteiger partial charge on any atom is 0.316 e. The molecule has 1 aliphatic heterocycles. The van der Waals surface area contributed by atoms with Crippen molar-refractivity contribution in [3.63, 3.8) is 0 Å². The predicted molar refractivity (Wildman–Crippen MR) is 94.9 cm³/mol. The number of esters is 1. The van der Waals surface area contributed by atoms with Gasteiger partial charge in [-0.05, 0) is 24.3 Å². The van der Waals surface area contributed by atoms with E-state index in [4.69, 9.17) is 16.3 Å². The van der Waals surface area contributed by atoms with Crippen LogP contribution in [0.5, 0.6) is 0 Å². The van der Waals surface area contributed by atoms with Crippen LogP contribution in [0.15, 0.2) is 53.4 Å². The minimum absolute atomic E-state index is 0.0343. The van der Waals surface area contributed by atoms with E-state index in [2.05, 4.69) is 0 Å².